The molecule has 2 N–H and O–H groups in total. The van der Waals surface area contributed by atoms with Crippen molar-refractivity contribution < 1.29 is 8.94 Å². The molecule has 0 aliphatic heterocycles. The summed E-state index contributed by atoms with van der Waals surface area (Å²) < 4.78 is 12.5. The average Bonchev–Trinajstić information content (AvgIpc) is 3.23. The molecule has 0 saturated heterocycles. The lowest BCUT2D eigenvalue weighted by molar-refractivity contribution is 0.413. The molecular weight excluding hydrogens is 290 g/mol. The molecule has 3 rings (SSSR count). The van der Waals surface area contributed by atoms with E-state index < -0.39 is 0 Å². The number of thioether (sulfide) groups is 1. The van der Waals surface area contributed by atoms with Crippen LogP contribution in [0.15, 0.2) is 38.6 Å². The van der Waals surface area contributed by atoms with Crippen molar-refractivity contribution in [2.24, 2.45) is 5.73 Å². The lowest BCUT2D eigenvalue weighted by Gasteiger charge is -2.04. The Morgan fingerprint density at radius 3 is 2.95 bits per heavy atom. The molecule has 0 amide bonds. The van der Waals surface area contributed by atoms with Crippen LogP contribution in [0, 0.1) is 0 Å². The van der Waals surface area contributed by atoms with Crippen LogP contribution in [0.3, 0.4) is 0 Å². The lowest BCUT2D eigenvalue weighted by Crippen LogP contribution is -2.08. The fourth-order valence-corrected chi connectivity index (χ4v) is 2.85. The SMILES string of the molecule is CCn1c(CN)nnc1SCc1cc(-c2ccco2)on1. The van der Waals surface area contributed by atoms with E-state index >= 15 is 0 Å². The third kappa shape index (κ3) is 2.86. The Labute approximate surface area is 125 Å². The first-order valence-electron chi connectivity index (χ1n) is 6.56. The maximum absolute atomic E-state index is 5.63. The van der Waals surface area contributed by atoms with Gasteiger partial charge in [-0.25, -0.2) is 0 Å². The number of furan rings is 1. The van der Waals surface area contributed by atoms with Crippen LogP contribution < -0.4 is 5.73 Å². The number of rotatable bonds is 6. The lowest BCUT2D eigenvalue weighted by atomic mass is 10.3. The zero-order valence-electron chi connectivity index (χ0n) is 11.5. The number of nitrogens with two attached hydrogens (primary N) is 1. The van der Waals surface area contributed by atoms with Crippen LogP contribution in [0.5, 0.6) is 0 Å². The molecule has 21 heavy (non-hydrogen) atoms. The van der Waals surface area contributed by atoms with Gasteiger partial charge in [-0.15, -0.1) is 10.2 Å². The second-order valence-electron chi connectivity index (χ2n) is 4.30. The Balaban J connectivity index is 1.69. The minimum atomic E-state index is 0.383. The van der Waals surface area contributed by atoms with Gasteiger partial charge < -0.3 is 19.2 Å². The van der Waals surface area contributed by atoms with Crippen molar-refractivity contribution in [3.8, 4) is 11.5 Å². The summed E-state index contributed by atoms with van der Waals surface area (Å²) in [6, 6.07) is 5.51. The smallest absolute Gasteiger partial charge is 0.202 e. The fourth-order valence-electron chi connectivity index (χ4n) is 1.95. The van der Waals surface area contributed by atoms with Crippen molar-refractivity contribution >= 4 is 11.8 Å². The Hall–Kier alpha value is -2.06. The normalized spacial score (nSPS) is 11.1. The van der Waals surface area contributed by atoms with E-state index in [1.165, 1.54) is 0 Å². The summed E-state index contributed by atoms with van der Waals surface area (Å²) in [5, 5.41) is 13.1. The zero-order chi connectivity index (χ0) is 14.7. The van der Waals surface area contributed by atoms with Crippen LogP contribution in [0.4, 0.5) is 0 Å². The summed E-state index contributed by atoms with van der Waals surface area (Å²) >= 11 is 1.55. The Kier molecular flexibility index (Phi) is 4.07. The van der Waals surface area contributed by atoms with E-state index in [4.69, 9.17) is 14.7 Å². The first kappa shape index (κ1) is 13.9. The molecule has 110 valence electrons. The molecule has 0 spiro atoms. The average molecular weight is 305 g/mol. The zero-order valence-corrected chi connectivity index (χ0v) is 12.3. The van der Waals surface area contributed by atoms with Crippen molar-refractivity contribution in [1.82, 2.24) is 19.9 Å². The second-order valence-corrected chi connectivity index (χ2v) is 5.24. The minimum absolute atomic E-state index is 0.383. The summed E-state index contributed by atoms with van der Waals surface area (Å²) in [6.45, 7) is 3.21. The van der Waals surface area contributed by atoms with Gasteiger partial charge in [0.1, 0.15) is 5.82 Å². The Morgan fingerprint density at radius 2 is 2.24 bits per heavy atom. The van der Waals surface area contributed by atoms with Crippen LogP contribution in [0.1, 0.15) is 18.4 Å². The molecule has 0 saturated carbocycles. The van der Waals surface area contributed by atoms with Crippen molar-refractivity contribution in [2.75, 3.05) is 0 Å². The van der Waals surface area contributed by atoms with E-state index in [1.54, 1.807) is 18.0 Å². The number of hydrogen-bond donors (Lipinski definition) is 1. The highest BCUT2D eigenvalue weighted by Crippen LogP contribution is 2.25. The first-order valence-corrected chi connectivity index (χ1v) is 7.54. The van der Waals surface area contributed by atoms with E-state index in [1.807, 2.05) is 29.7 Å². The van der Waals surface area contributed by atoms with Gasteiger partial charge in [-0.1, -0.05) is 16.9 Å². The number of aromatic nitrogens is 4. The van der Waals surface area contributed by atoms with E-state index in [-0.39, 0.29) is 0 Å². The van der Waals surface area contributed by atoms with Crippen LogP contribution in [-0.4, -0.2) is 19.9 Å². The monoisotopic (exact) mass is 305 g/mol. The van der Waals surface area contributed by atoms with Crippen molar-refractivity contribution in [1.29, 1.82) is 0 Å². The molecule has 7 nitrogen and oxygen atoms in total. The molecule has 0 unspecified atom stereocenters. The maximum Gasteiger partial charge on any atom is 0.202 e. The van der Waals surface area contributed by atoms with E-state index in [0.29, 0.717) is 23.8 Å². The summed E-state index contributed by atoms with van der Waals surface area (Å²) in [5.74, 6) is 2.72. The van der Waals surface area contributed by atoms with Gasteiger partial charge in [-0.2, -0.15) is 0 Å². The number of nitrogens with zero attached hydrogens (tertiary/aromatic N) is 4. The standard InChI is InChI=1S/C13H15N5O2S/c1-2-18-12(7-14)15-16-13(18)21-8-9-6-11(20-17-9)10-4-3-5-19-10/h3-6H,2,7-8,14H2,1H3. The highest BCUT2D eigenvalue weighted by molar-refractivity contribution is 7.98. The molecule has 0 radical (unpaired) electrons. The molecule has 8 heteroatoms. The highest BCUT2D eigenvalue weighted by Gasteiger charge is 2.13. The minimum Gasteiger partial charge on any atom is -0.461 e. The third-order valence-corrected chi connectivity index (χ3v) is 3.96. The van der Waals surface area contributed by atoms with Crippen LogP contribution in [0.2, 0.25) is 0 Å². The van der Waals surface area contributed by atoms with Gasteiger partial charge in [-0.3, -0.25) is 0 Å². The van der Waals surface area contributed by atoms with Gasteiger partial charge in [0.2, 0.25) is 5.76 Å². The van der Waals surface area contributed by atoms with Gasteiger partial charge in [0.05, 0.1) is 18.5 Å². The molecule has 0 bridgehead atoms. The topological polar surface area (TPSA) is 95.9 Å². The predicted octanol–water partition coefficient (Wildman–Crippen LogP) is 2.30. The van der Waals surface area contributed by atoms with Crippen molar-refractivity contribution in [3.63, 3.8) is 0 Å². The second kappa shape index (κ2) is 6.15. The summed E-state index contributed by atoms with van der Waals surface area (Å²) in [4.78, 5) is 0. The molecule has 3 aromatic heterocycles. The summed E-state index contributed by atoms with van der Waals surface area (Å²) in [5.41, 5.74) is 6.46. The van der Waals surface area contributed by atoms with Crippen LogP contribution in [0.25, 0.3) is 11.5 Å². The first-order chi connectivity index (χ1) is 10.3. The Bertz CT molecular complexity index is 704. The van der Waals surface area contributed by atoms with Crippen LogP contribution >= 0.6 is 11.8 Å². The molecule has 3 aromatic rings. The maximum atomic E-state index is 5.63. The van der Waals surface area contributed by atoms with E-state index in [0.717, 1.165) is 23.2 Å². The van der Waals surface area contributed by atoms with E-state index in [9.17, 15) is 0 Å². The predicted molar refractivity (Wildman–Crippen MR) is 77.4 cm³/mol. The molecule has 0 fully saturated rings. The molecule has 0 aliphatic carbocycles. The van der Waals surface area contributed by atoms with Gasteiger partial charge in [0.15, 0.2) is 10.9 Å². The van der Waals surface area contributed by atoms with E-state index in [2.05, 4.69) is 15.4 Å². The van der Waals surface area contributed by atoms with Crippen LogP contribution in [-0.2, 0) is 18.8 Å². The van der Waals surface area contributed by atoms with Gasteiger partial charge in [-0.05, 0) is 19.1 Å². The van der Waals surface area contributed by atoms with Gasteiger partial charge in [0, 0.05) is 18.4 Å². The van der Waals surface area contributed by atoms with Gasteiger partial charge in [0.25, 0.3) is 0 Å². The van der Waals surface area contributed by atoms with Gasteiger partial charge >= 0.3 is 0 Å². The summed E-state index contributed by atoms with van der Waals surface area (Å²) in [6.07, 6.45) is 1.60. The molecule has 3 heterocycles. The molecular formula is C13H15N5O2S. The molecule has 0 aliphatic rings. The summed E-state index contributed by atoms with van der Waals surface area (Å²) in [7, 11) is 0. The van der Waals surface area contributed by atoms with Crippen molar-refractivity contribution in [2.45, 2.75) is 30.9 Å². The van der Waals surface area contributed by atoms with Crippen molar-refractivity contribution in [3.05, 3.63) is 36.0 Å². The number of hydrogen-bond acceptors (Lipinski definition) is 7. The quantitative estimate of drug-likeness (QED) is 0.698. The largest absolute Gasteiger partial charge is 0.461 e. The Morgan fingerprint density at radius 1 is 1.33 bits per heavy atom. The molecule has 0 aromatic carbocycles. The highest BCUT2D eigenvalue weighted by atomic mass is 32.2. The molecule has 0 atom stereocenters. The fraction of sp³-hybridized carbons (Fsp3) is 0.308. The third-order valence-electron chi connectivity index (χ3n) is 2.96.